The summed E-state index contributed by atoms with van der Waals surface area (Å²) in [4.78, 5) is 12.4. The van der Waals surface area contributed by atoms with E-state index < -0.39 is 46.1 Å². The lowest BCUT2D eigenvalue weighted by Crippen LogP contribution is -2.14. The molecule has 0 aliphatic heterocycles. The fourth-order valence-corrected chi connectivity index (χ4v) is 3.75. The van der Waals surface area contributed by atoms with Gasteiger partial charge in [0.25, 0.3) is 0 Å². The van der Waals surface area contributed by atoms with Gasteiger partial charge in [-0.15, -0.1) is 0 Å². The van der Waals surface area contributed by atoms with E-state index in [9.17, 15) is 26.7 Å². The van der Waals surface area contributed by atoms with E-state index in [1.807, 2.05) is 0 Å². The van der Waals surface area contributed by atoms with Crippen molar-refractivity contribution in [1.82, 2.24) is 0 Å². The molecule has 1 aliphatic rings. The maximum atomic E-state index is 14.1. The molecule has 156 valence electrons. The zero-order chi connectivity index (χ0) is 21.4. The van der Waals surface area contributed by atoms with Gasteiger partial charge in [-0.1, -0.05) is 45.4 Å². The number of allylic oxidation sites excluding steroid dienone is 2. The smallest absolute Gasteiger partial charge is 0.426 e. The molecule has 0 aromatic heterocycles. The Morgan fingerprint density at radius 1 is 1.14 bits per heavy atom. The molecule has 1 aromatic carbocycles. The number of carbonyl (C=O) groups is 1. The minimum Gasteiger partial charge on any atom is -0.461 e. The summed E-state index contributed by atoms with van der Waals surface area (Å²) in [6.07, 6.45) is -3.29. The third kappa shape index (κ3) is 4.34. The van der Waals surface area contributed by atoms with E-state index in [1.54, 1.807) is 27.7 Å². The van der Waals surface area contributed by atoms with Crippen molar-refractivity contribution in [3.05, 3.63) is 45.5 Å². The van der Waals surface area contributed by atoms with E-state index in [1.165, 1.54) is 0 Å². The van der Waals surface area contributed by atoms with Crippen LogP contribution in [0.4, 0.5) is 22.0 Å². The topological polar surface area (TPSA) is 26.3 Å². The fraction of sp³-hybridized carbons (Fsp3) is 0.550. The predicted octanol–water partition coefficient (Wildman–Crippen LogP) is 6.09. The van der Waals surface area contributed by atoms with Crippen LogP contribution in [0.3, 0.4) is 0 Å². The van der Waals surface area contributed by atoms with Crippen LogP contribution in [0.1, 0.15) is 44.4 Å². The third-order valence-electron chi connectivity index (χ3n) is 5.39. The van der Waals surface area contributed by atoms with Crippen LogP contribution in [0.15, 0.2) is 17.2 Å². The monoisotopic (exact) mass is 424 g/mol. The van der Waals surface area contributed by atoms with Gasteiger partial charge in [0.1, 0.15) is 23.3 Å². The van der Waals surface area contributed by atoms with Gasteiger partial charge < -0.3 is 4.74 Å². The molecule has 0 N–H and O–H groups in total. The zero-order valence-electron chi connectivity index (χ0n) is 16.0. The quantitative estimate of drug-likeness (QED) is 0.408. The minimum atomic E-state index is -4.68. The first-order valence-corrected chi connectivity index (χ1v) is 9.33. The van der Waals surface area contributed by atoms with E-state index >= 15 is 0 Å². The van der Waals surface area contributed by atoms with Crippen LogP contribution in [0.2, 0.25) is 0 Å². The number of alkyl halides is 3. The zero-order valence-corrected chi connectivity index (χ0v) is 16.8. The van der Waals surface area contributed by atoms with Gasteiger partial charge >= 0.3 is 12.1 Å². The van der Waals surface area contributed by atoms with E-state index in [0.717, 1.165) is 12.1 Å². The van der Waals surface area contributed by atoms with Crippen molar-refractivity contribution < 1.29 is 31.5 Å². The molecule has 2 nitrogen and oxygen atoms in total. The largest absolute Gasteiger partial charge is 0.461 e. The summed E-state index contributed by atoms with van der Waals surface area (Å²) < 4.78 is 71.3. The number of hydrogen-bond donors (Lipinski definition) is 0. The molecule has 0 radical (unpaired) electrons. The molecule has 0 spiro atoms. The van der Waals surface area contributed by atoms with Crippen LogP contribution < -0.4 is 0 Å². The average Bonchev–Trinajstić information content (AvgIpc) is 3.11. The van der Waals surface area contributed by atoms with Gasteiger partial charge in [0.05, 0.1) is 5.92 Å². The summed E-state index contributed by atoms with van der Waals surface area (Å²) in [5, 5.41) is -1.28. The molecule has 0 saturated heterocycles. The number of halogens is 6. The lowest BCUT2D eigenvalue weighted by Gasteiger charge is -2.15. The molecule has 1 aromatic rings. The molecule has 1 saturated carbocycles. The lowest BCUT2D eigenvalue weighted by atomic mass is 9.97. The molecule has 0 unspecified atom stereocenters. The molecule has 2 atom stereocenters. The molecule has 0 bridgehead atoms. The van der Waals surface area contributed by atoms with Crippen molar-refractivity contribution in [2.75, 3.05) is 0 Å². The Kier molecular flexibility index (Phi) is 6.48. The Bertz CT molecular complexity index is 771. The molecule has 1 aliphatic carbocycles. The van der Waals surface area contributed by atoms with Crippen molar-refractivity contribution in [3.8, 4) is 0 Å². The van der Waals surface area contributed by atoms with E-state index in [-0.39, 0.29) is 36.1 Å². The maximum absolute atomic E-state index is 14.1. The number of hydrogen-bond acceptors (Lipinski definition) is 2. The molecule has 1 fully saturated rings. The minimum absolute atomic E-state index is 0.262. The van der Waals surface area contributed by atoms with Gasteiger partial charge in [0.2, 0.25) is 0 Å². The Morgan fingerprint density at radius 2 is 1.64 bits per heavy atom. The molecule has 0 heterocycles. The second-order valence-corrected chi connectivity index (χ2v) is 7.84. The number of carbonyl (C=O) groups excluding carboxylic acids is 1. The van der Waals surface area contributed by atoms with Crippen LogP contribution in [0, 0.1) is 28.9 Å². The number of benzene rings is 1. The van der Waals surface area contributed by atoms with Gasteiger partial charge in [-0.2, -0.15) is 13.2 Å². The maximum Gasteiger partial charge on any atom is 0.426 e. The molecule has 28 heavy (non-hydrogen) atoms. The normalized spacial score (nSPS) is 21.6. The summed E-state index contributed by atoms with van der Waals surface area (Å²) in [6, 6.07) is 0.812. The summed E-state index contributed by atoms with van der Waals surface area (Å²) in [7, 11) is 0. The van der Waals surface area contributed by atoms with Gasteiger partial charge in [0.15, 0.2) is 0 Å². The molecular weight excluding hydrogens is 403 g/mol. The average molecular weight is 425 g/mol. The summed E-state index contributed by atoms with van der Waals surface area (Å²) >= 11 is 5.28. The standard InChI is InChI=1S/C20H22ClF5O2/c1-5-10-12(11(6-2)15(23)8-14(10)22)9-28-18(27)17-13(19(17,3)4)7-16(21)20(24,25)26/h7-8,13,17H,5-6,9H2,1-4H3/b16-7-/t13-,17-/m1/s1. The van der Waals surface area contributed by atoms with Crippen LogP contribution in [-0.2, 0) is 29.0 Å². The Labute approximate surface area is 165 Å². The summed E-state index contributed by atoms with van der Waals surface area (Å²) in [6.45, 7) is 6.33. The van der Waals surface area contributed by atoms with Gasteiger partial charge in [-0.3, -0.25) is 4.79 Å². The van der Waals surface area contributed by atoms with Crippen LogP contribution in [0.5, 0.6) is 0 Å². The van der Waals surface area contributed by atoms with Crippen molar-refractivity contribution in [1.29, 1.82) is 0 Å². The Balaban J connectivity index is 2.20. The number of esters is 1. The third-order valence-corrected chi connectivity index (χ3v) is 5.73. The fourth-order valence-electron chi connectivity index (χ4n) is 3.62. The Hall–Kier alpha value is -1.63. The molecule has 2 rings (SSSR count). The van der Waals surface area contributed by atoms with Crippen LogP contribution in [0.25, 0.3) is 0 Å². The second-order valence-electron chi connectivity index (χ2n) is 7.43. The van der Waals surface area contributed by atoms with Crippen molar-refractivity contribution in [2.45, 2.75) is 53.3 Å². The Morgan fingerprint density at radius 3 is 2.07 bits per heavy atom. The highest BCUT2D eigenvalue weighted by atomic mass is 35.5. The predicted molar refractivity (Wildman–Crippen MR) is 95.7 cm³/mol. The van der Waals surface area contributed by atoms with Crippen molar-refractivity contribution >= 4 is 17.6 Å². The first-order chi connectivity index (χ1) is 12.9. The summed E-state index contributed by atoms with van der Waals surface area (Å²) in [5.74, 6) is -3.68. The van der Waals surface area contributed by atoms with Crippen LogP contribution >= 0.6 is 11.6 Å². The highest BCUT2D eigenvalue weighted by Crippen LogP contribution is 2.60. The van der Waals surface area contributed by atoms with Gasteiger partial charge in [-0.25, -0.2) is 8.78 Å². The molecule has 8 heteroatoms. The number of ether oxygens (including phenoxy) is 1. The van der Waals surface area contributed by atoms with E-state index in [2.05, 4.69) is 0 Å². The molecule has 0 amide bonds. The second kappa shape index (κ2) is 8.01. The van der Waals surface area contributed by atoms with Gasteiger partial charge in [-0.05, 0) is 35.3 Å². The van der Waals surface area contributed by atoms with Crippen molar-refractivity contribution in [3.63, 3.8) is 0 Å². The highest BCUT2D eigenvalue weighted by Gasteiger charge is 2.62. The van der Waals surface area contributed by atoms with E-state index in [4.69, 9.17) is 16.3 Å². The SMILES string of the molecule is CCc1c(F)cc(F)c(CC)c1COC(=O)[C@H]1[C@@H](/C=C(\Cl)C(F)(F)F)C1(C)C. The van der Waals surface area contributed by atoms with Gasteiger partial charge in [0, 0.05) is 11.6 Å². The van der Waals surface area contributed by atoms with Crippen LogP contribution in [-0.4, -0.2) is 12.1 Å². The highest BCUT2D eigenvalue weighted by molar-refractivity contribution is 6.30. The molecular formula is C20H22ClF5O2. The lowest BCUT2D eigenvalue weighted by molar-refractivity contribution is -0.147. The number of rotatable bonds is 6. The first kappa shape index (κ1) is 22.7. The van der Waals surface area contributed by atoms with Crippen molar-refractivity contribution in [2.24, 2.45) is 17.3 Å². The van der Waals surface area contributed by atoms with E-state index in [0.29, 0.717) is 0 Å². The summed E-state index contributed by atoms with van der Waals surface area (Å²) in [5.41, 5.74) is 0.0432. The first-order valence-electron chi connectivity index (χ1n) is 8.95.